The first kappa shape index (κ1) is 16.5. The second-order valence-electron chi connectivity index (χ2n) is 5.60. The third kappa shape index (κ3) is 3.88. The number of rotatable bonds is 5. The van der Waals surface area contributed by atoms with E-state index in [0.29, 0.717) is 17.1 Å². The fraction of sp³-hybridized carbons (Fsp3) is 0.222. The lowest BCUT2D eigenvalue weighted by Gasteiger charge is -2.23. The maximum absolute atomic E-state index is 12.5. The van der Waals surface area contributed by atoms with Crippen LogP contribution in [-0.2, 0) is 9.59 Å². The molecule has 0 bridgehead atoms. The van der Waals surface area contributed by atoms with Crippen LogP contribution in [0.3, 0.4) is 0 Å². The molecule has 0 aliphatic rings. The van der Waals surface area contributed by atoms with Gasteiger partial charge in [0.2, 0.25) is 11.8 Å². The molecule has 2 aromatic rings. The van der Waals surface area contributed by atoms with Gasteiger partial charge < -0.3 is 15.4 Å². The minimum Gasteiger partial charge on any atom is -0.495 e. The number of benzene rings is 2. The molecule has 0 aromatic heterocycles. The highest BCUT2D eigenvalue weighted by Gasteiger charge is 2.36. The van der Waals surface area contributed by atoms with E-state index in [4.69, 9.17) is 4.74 Å². The molecule has 0 fully saturated rings. The fourth-order valence-electron chi connectivity index (χ4n) is 1.94. The number of carbonyl (C=O) groups is 2. The van der Waals surface area contributed by atoms with Crippen LogP contribution in [-0.4, -0.2) is 18.9 Å². The van der Waals surface area contributed by atoms with Gasteiger partial charge in [0.1, 0.15) is 11.2 Å². The van der Waals surface area contributed by atoms with E-state index < -0.39 is 11.3 Å². The van der Waals surface area contributed by atoms with Crippen LogP contribution < -0.4 is 15.4 Å². The fourth-order valence-corrected chi connectivity index (χ4v) is 1.94. The largest absolute Gasteiger partial charge is 0.495 e. The zero-order chi connectivity index (χ0) is 16.9. The first-order chi connectivity index (χ1) is 10.9. The highest BCUT2D eigenvalue weighted by atomic mass is 16.5. The Labute approximate surface area is 135 Å². The molecule has 23 heavy (non-hydrogen) atoms. The minimum atomic E-state index is -1.24. The smallest absolute Gasteiger partial charge is 0.239 e. The number of amides is 2. The predicted molar refractivity (Wildman–Crippen MR) is 90.5 cm³/mol. The molecule has 0 heterocycles. The summed E-state index contributed by atoms with van der Waals surface area (Å²) < 4.78 is 5.20. The van der Waals surface area contributed by atoms with Gasteiger partial charge in [-0.15, -0.1) is 0 Å². The molecule has 0 saturated carbocycles. The van der Waals surface area contributed by atoms with Gasteiger partial charge in [0.05, 0.1) is 12.8 Å². The van der Waals surface area contributed by atoms with Crippen molar-refractivity contribution in [2.45, 2.75) is 13.8 Å². The highest BCUT2D eigenvalue weighted by molar-refractivity contribution is 6.14. The van der Waals surface area contributed by atoms with E-state index >= 15 is 0 Å². The summed E-state index contributed by atoms with van der Waals surface area (Å²) in [6.07, 6.45) is 0. The quantitative estimate of drug-likeness (QED) is 0.832. The second-order valence-corrected chi connectivity index (χ2v) is 5.60. The maximum atomic E-state index is 12.5. The lowest BCUT2D eigenvalue weighted by Crippen LogP contribution is -2.41. The Balaban J connectivity index is 2.11. The molecule has 0 saturated heterocycles. The van der Waals surface area contributed by atoms with E-state index in [9.17, 15) is 9.59 Å². The molecule has 0 spiro atoms. The van der Waals surface area contributed by atoms with Crippen LogP contribution in [0.2, 0.25) is 0 Å². The van der Waals surface area contributed by atoms with E-state index in [1.54, 1.807) is 44.2 Å². The van der Waals surface area contributed by atoms with Gasteiger partial charge in [0, 0.05) is 5.69 Å². The topological polar surface area (TPSA) is 67.4 Å². The molecule has 5 heteroatoms. The molecule has 0 unspecified atom stereocenters. The van der Waals surface area contributed by atoms with Crippen LogP contribution in [0.25, 0.3) is 0 Å². The zero-order valence-electron chi connectivity index (χ0n) is 13.4. The SMILES string of the molecule is COc1ccccc1NC(=O)C(C)(C)C(=O)Nc1ccccc1. The first-order valence-electron chi connectivity index (χ1n) is 7.26. The van der Waals surface area contributed by atoms with Crippen molar-refractivity contribution in [3.05, 3.63) is 54.6 Å². The predicted octanol–water partition coefficient (Wildman–Crippen LogP) is 3.30. The Morgan fingerprint density at radius 1 is 0.870 bits per heavy atom. The monoisotopic (exact) mass is 312 g/mol. The van der Waals surface area contributed by atoms with Gasteiger partial charge >= 0.3 is 0 Å². The first-order valence-corrected chi connectivity index (χ1v) is 7.26. The lowest BCUT2D eigenvalue weighted by molar-refractivity contribution is -0.135. The van der Waals surface area contributed by atoms with Gasteiger partial charge in [0.15, 0.2) is 0 Å². The van der Waals surface area contributed by atoms with Gasteiger partial charge in [-0.2, -0.15) is 0 Å². The normalized spacial score (nSPS) is 10.7. The van der Waals surface area contributed by atoms with Crippen molar-refractivity contribution in [3.63, 3.8) is 0 Å². The van der Waals surface area contributed by atoms with Gasteiger partial charge in [0.25, 0.3) is 0 Å². The number of methoxy groups -OCH3 is 1. The summed E-state index contributed by atoms with van der Waals surface area (Å²) in [4.78, 5) is 24.9. The van der Waals surface area contributed by atoms with Crippen molar-refractivity contribution in [2.24, 2.45) is 5.41 Å². The van der Waals surface area contributed by atoms with Gasteiger partial charge in [-0.25, -0.2) is 0 Å². The van der Waals surface area contributed by atoms with Crippen LogP contribution in [0.1, 0.15) is 13.8 Å². The van der Waals surface area contributed by atoms with Crippen molar-refractivity contribution in [3.8, 4) is 5.75 Å². The number of ether oxygens (including phenoxy) is 1. The standard InChI is InChI=1S/C18H20N2O3/c1-18(2,16(21)19-13-9-5-4-6-10-13)17(22)20-14-11-7-8-12-15(14)23-3/h4-12H,1-3H3,(H,19,21)(H,20,22). The van der Waals surface area contributed by atoms with Crippen LogP contribution in [0.4, 0.5) is 11.4 Å². The molecule has 120 valence electrons. The van der Waals surface area contributed by atoms with E-state index in [1.165, 1.54) is 7.11 Å². The molecule has 2 N–H and O–H groups in total. The van der Waals surface area contributed by atoms with E-state index in [1.807, 2.05) is 24.3 Å². The molecule has 0 atom stereocenters. The number of anilines is 2. The number of hydrogen-bond donors (Lipinski definition) is 2. The van der Waals surface area contributed by atoms with Gasteiger partial charge in [-0.3, -0.25) is 9.59 Å². The van der Waals surface area contributed by atoms with E-state index in [2.05, 4.69) is 10.6 Å². The Kier molecular flexibility index (Phi) is 5.01. The summed E-state index contributed by atoms with van der Waals surface area (Å²) in [5.41, 5.74) is -0.0623. The number of nitrogens with one attached hydrogen (secondary N) is 2. The molecule has 5 nitrogen and oxygen atoms in total. The molecule has 2 rings (SSSR count). The lowest BCUT2D eigenvalue weighted by atomic mass is 9.90. The van der Waals surface area contributed by atoms with Crippen LogP contribution in [0, 0.1) is 5.41 Å². The molecule has 0 aliphatic heterocycles. The summed E-state index contributed by atoms with van der Waals surface area (Å²) in [6, 6.07) is 16.1. The number of para-hydroxylation sites is 3. The molecule has 2 aromatic carbocycles. The highest BCUT2D eigenvalue weighted by Crippen LogP contribution is 2.27. The summed E-state index contributed by atoms with van der Waals surface area (Å²) in [6.45, 7) is 3.16. The molecular weight excluding hydrogens is 292 g/mol. The van der Waals surface area contributed by atoms with Gasteiger partial charge in [-0.1, -0.05) is 30.3 Å². The summed E-state index contributed by atoms with van der Waals surface area (Å²) in [5, 5.41) is 5.49. The Morgan fingerprint density at radius 2 is 1.43 bits per heavy atom. The van der Waals surface area contributed by atoms with Crippen molar-refractivity contribution in [1.82, 2.24) is 0 Å². The van der Waals surface area contributed by atoms with Crippen molar-refractivity contribution in [1.29, 1.82) is 0 Å². The van der Waals surface area contributed by atoms with Crippen molar-refractivity contribution in [2.75, 3.05) is 17.7 Å². The van der Waals surface area contributed by atoms with Crippen LogP contribution in [0.15, 0.2) is 54.6 Å². The minimum absolute atomic E-state index is 0.379. The number of carbonyl (C=O) groups excluding carboxylic acids is 2. The average Bonchev–Trinajstić information content (AvgIpc) is 2.56. The molecule has 2 amide bonds. The Morgan fingerprint density at radius 3 is 2.09 bits per heavy atom. The summed E-state index contributed by atoms with van der Waals surface area (Å²) in [5.74, 6) is -0.244. The molecular formula is C18H20N2O3. The van der Waals surface area contributed by atoms with E-state index in [0.717, 1.165) is 0 Å². The van der Waals surface area contributed by atoms with Gasteiger partial charge in [-0.05, 0) is 38.1 Å². The summed E-state index contributed by atoms with van der Waals surface area (Å²) >= 11 is 0. The molecule has 0 radical (unpaired) electrons. The third-order valence-corrected chi connectivity index (χ3v) is 3.52. The maximum Gasteiger partial charge on any atom is 0.239 e. The summed E-state index contributed by atoms with van der Waals surface area (Å²) in [7, 11) is 1.53. The van der Waals surface area contributed by atoms with E-state index in [-0.39, 0.29) is 5.91 Å². The Hall–Kier alpha value is -2.82. The second kappa shape index (κ2) is 6.96. The van der Waals surface area contributed by atoms with Crippen molar-refractivity contribution < 1.29 is 14.3 Å². The van der Waals surface area contributed by atoms with Crippen molar-refractivity contribution >= 4 is 23.2 Å². The molecule has 0 aliphatic carbocycles. The van der Waals surface area contributed by atoms with Crippen LogP contribution >= 0.6 is 0 Å². The zero-order valence-corrected chi connectivity index (χ0v) is 13.4. The third-order valence-electron chi connectivity index (χ3n) is 3.52. The Bertz CT molecular complexity index is 696. The average molecular weight is 312 g/mol. The number of hydrogen-bond acceptors (Lipinski definition) is 3. The van der Waals surface area contributed by atoms with Crippen LogP contribution in [0.5, 0.6) is 5.75 Å².